The lowest BCUT2D eigenvalue weighted by atomic mass is 10.8. The zero-order valence-electron chi connectivity index (χ0n) is 4.19. The number of amides is 1. The molecule has 4 nitrogen and oxygen atoms in total. The third kappa shape index (κ3) is 0.900. The quantitative estimate of drug-likeness (QED) is 0.419. The summed E-state index contributed by atoms with van der Waals surface area (Å²) >= 11 is 0. The Morgan fingerprint density at radius 1 is 1.50 bits per heavy atom. The molecule has 1 rings (SSSR count). The average molecular weight is 111 g/mol. The van der Waals surface area contributed by atoms with Gasteiger partial charge in [-0.05, 0) is 0 Å². The molecule has 0 atom stereocenters. The van der Waals surface area contributed by atoms with Gasteiger partial charge in [-0.2, -0.15) is 0 Å². The smallest absolute Gasteiger partial charge is 0.220 e. The van der Waals surface area contributed by atoms with Crippen LogP contribution in [0.3, 0.4) is 0 Å². The molecular weight excluding hydrogens is 106 g/mol. The van der Waals surface area contributed by atoms with Crippen LogP contribution in [0.2, 0.25) is 0 Å². The lowest BCUT2D eigenvalue weighted by Crippen LogP contribution is -2.20. The second-order valence-corrected chi connectivity index (χ2v) is 1.29. The van der Waals surface area contributed by atoms with Crippen LogP contribution in [0.1, 0.15) is 0 Å². The predicted octanol–water partition coefficient (Wildman–Crippen LogP) is -0.528. The van der Waals surface area contributed by atoms with E-state index in [1.165, 1.54) is 17.6 Å². The first-order chi connectivity index (χ1) is 3.93. The predicted molar refractivity (Wildman–Crippen MR) is 29.8 cm³/mol. The molecule has 0 aliphatic carbocycles. The lowest BCUT2D eigenvalue weighted by molar-refractivity contribution is -0.112. The van der Waals surface area contributed by atoms with E-state index < -0.39 is 0 Å². The Morgan fingerprint density at radius 3 is 2.50 bits per heavy atom. The number of carbonyl (C=O) groups is 1. The maximum absolute atomic E-state index is 9.90. The van der Waals surface area contributed by atoms with Gasteiger partial charge in [-0.15, -0.1) is 0 Å². The number of hydrogen-bond acceptors (Lipinski definition) is 3. The largest absolute Gasteiger partial charge is 0.278 e. The summed E-state index contributed by atoms with van der Waals surface area (Å²) in [4.78, 5) is 18.6. The zero-order valence-corrected chi connectivity index (χ0v) is 4.19. The van der Waals surface area contributed by atoms with Crippen LogP contribution >= 0.6 is 0 Å². The average Bonchev–Trinajstić information content (AvgIpc) is 1.90. The summed E-state index contributed by atoms with van der Waals surface area (Å²) in [5, 5.41) is 0. The first kappa shape index (κ1) is 4.96. The maximum Gasteiger partial charge on any atom is 0.220 e. The van der Waals surface area contributed by atoms with E-state index >= 15 is 0 Å². The minimum absolute atomic E-state index is 0.435. The molecule has 42 valence electrons. The topological polar surface area (TPSA) is 45.0 Å². The molecule has 0 saturated carbocycles. The van der Waals surface area contributed by atoms with E-state index in [0.717, 1.165) is 0 Å². The van der Waals surface area contributed by atoms with Gasteiger partial charge < -0.3 is 0 Å². The van der Waals surface area contributed by atoms with E-state index in [2.05, 4.69) is 9.98 Å². The van der Waals surface area contributed by atoms with Crippen LogP contribution in [0.5, 0.6) is 0 Å². The van der Waals surface area contributed by atoms with Gasteiger partial charge >= 0.3 is 0 Å². The van der Waals surface area contributed by atoms with E-state index in [1.807, 2.05) is 0 Å². The summed E-state index contributed by atoms with van der Waals surface area (Å²) in [7, 11) is 0. The molecule has 0 radical (unpaired) electrons. The fraction of sp³-hybridized carbons (Fsp3) is 0.250. The number of aliphatic imine (C=N–C) groups is 2. The highest BCUT2D eigenvalue weighted by atomic mass is 16.1. The van der Waals surface area contributed by atoms with Crippen LogP contribution in [0.4, 0.5) is 0 Å². The summed E-state index contributed by atoms with van der Waals surface area (Å²) in [6, 6.07) is 0. The summed E-state index contributed by atoms with van der Waals surface area (Å²) in [5.41, 5.74) is 0. The molecular formula is C4H5N3O. The van der Waals surface area contributed by atoms with E-state index in [0.29, 0.717) is 13.1 Å². The van der Waals surface area contributed by atoms with Gasteiger partial charge in [0, 0.05) is 0 Å². The van der Waals surface area contributed by atoms with Gasteiger partial charge in [0.25, 0.3) is 0 Å². The van der Waals surface area contributed by atoms with Crippen molar-refractivity contribution in [2.75, 3.05) is 6.67 Å². The van der Waals surface area contributed by atoms with Gasteiger partial charge in [0.15, 0.2) is 0 Å². The summed E-state index contributed by atoms with van der Waals surface area (Å²) < 4.78 is 0. The molecule has 0 aromatic heterocycles. The second kappa shape index (κ2) is 2.20. The van der Waals surface area contributed by atoms with Crippen LogP contribution in [-0.4, -0.2) is 30.7 Å². The van der Waals surface area contributed by atoms with Gasteiger partial charge in [0.1, 0.15) is 6.67 Å². The van der Waals surface area contributed by atoms with E-state index in [1.54, 1.807) is 0 Å². The second-order valence-electron chi connectivity index (χ2n) is 1.29. The molecule has 0 unspecified atom stereocenters. The molecule has 0 aromatic carbocycles. The molecule has 0 saturated heterocycles. The van der Waals surface area contributed by atoms with Crippen molar-refractivity contribution in [1.29, 1.82) is 0 Å². The Balaban J connectivity index is 2.54. The Morgan fingerprint density at radius 2 is 2.12 bits per heavy atom. The summed E-state index contributed by atoms with van der Waals surface area (Å²) in [5.74, 6) is 0. The van der Waals surface area contributed by atoms with Gasteiger partial charge in [0.2, 0.25) is 6.41 Å². The fourth-order valence-corrected chi connectivity index (χ4v) is 0.393. The molecule has 1 amide bonds. The standard InChI is InChI=1S/C4H5N3O/c8-4-7-2-5-1-6-3-7/h2-4H,1H2. The fourth-order valence-electron chi connectivity index (χ4n) is 0.393. The van der Waals surface area contributed by atoms with Gasteiger partial charge in [-0.25, -0.2) is 0 Å². The van der Waals surface area contributed by atoms with Crippen LogP contribution < -0.4 is 0 Å². The van der Waals surface area contributed by atoms with Gasteiger partial charge in [-0.3, -0.25) is 19.7 Å². The minimum atomic E-state index is 0.435. The van der Waals surface area contributed by atoms with Crippen LogP contribution in [-0.2, 0) is 4.79 Å². The highest BCUT2D eigenvalue weighted by Crippen LogP contribution is 1.81. The van der Waals surface area contributed by atoms with Crippen molar-refractivity contribution < 1.29 is 4.79 Å². The molecule has 1 aliphatic rings. The van der Waals surface area contributed by atoms with Crippen LogP contribution in [0.25, 0.3) is 0 Å². The molecule has 0 aromatic rings. The summed E-state index contributed by atoms with van der Waals surface area (Å²) in [6.07, 6.45) is 3.51. The third-order valence-corrected chi connectivity index (χ3v) is 0.715. The number of carbonyl (C=O) groups excluding carboxylic acids is 1. The molecule has 4 heteroatoms. The normalized spacial score (nSPS) is 16.8. The first-order valence-corrected chi connectivity index (χ1v) is 2.16. The lowest BCUT2D eigenvalue weighted by Gasteiger charge is -2.04. The maximum atomic E-state index is 9.90. The van der Waals surface area contributed by atoms with Crippen molar-refractivity contribution in [1.82, 2.24) is 4.90 Å². The van der Waals surface area contributed by atoms with Crippen molar-refractivity contribution in [3.63, 3.8) is 0 Å². The Kier molecular flexibility index (Phi) is 1.37. The molecule has 1 aliphatic heterocycles. The molecule has 0 bridgehead atoms. The number of hydrogen-bond donors (Lipinski definition) is 0. The van der Waals surface area contributed by atoms with Crippen molar-refractivity contribution in [3.8, 4) is 0 Å². The minimum Gasteiger partial charge on any atom is -0.278 e. The highest BCUT2D eigenvalue weighted by molar-refractivity contribution is 5.90. The SMILES string of the molecule is O=CN1C=NCN=C1. The molecule has 0 spiro atoms. The van der Waals surface area contributed by atoms with Crippen LogP contribution in [0, 0.1) is 0 Å². The van der Waals surface area contributed by atoms with E-state index in [9.17, 15) is 4.79 Å². The Labute approximate surface area is 46.5 Å². The van der Waals surface area contributed by atoms with Crippen molar-refractivity contribution in [2.45, 2.75) is 0 Å². The first-order valence-electron chi connectivity index (χ1n) is 2.16. The molecule has 1 heterocycles. The van der Waals surface area contributed by atoms with Crippen molar-refractivity contribution in [3.05, 3.63) is 0 Å². The molecule has 0 N–H and O–H groups in total. The Hall–Kier alpha value is -1.19. The van der Waals surface area contributed by atoms with E-state index in [-0.39, 0.29) is 0 Å². The zero-order chi connectivity index (χ0) is 5.82. The van der Waals surface area contributed by atoms with Gasteiger partial charge in [0.05, 0.1) is 12.7 Å². The monoisotopic (exact) mass is 111 g/mol. The highest BCUT2D eigenvalue weighted by Gasteiger charge is 1.92. The van der Waals surface area contributed by atoms with Gasteiger partial charge in [-0.1, -0.05) is 0 Å². The molecule has 8 heavy (non-hydrogen) atoms. The molecule has 0 fully saturated rings. The third-order valence-electron chi connectivity index (χ3n) is 0.715. The van der Waals surface area contributed by atoms with E-state index in [4.69, 9.17) is 0 Å². The van der Waals surface area contributed by atoms with Crippen LogP contribution in [0.15, 0.2) is 9.98 Å². The Bertz CT molecular complexity index is 128. The van der Waals surface area contributed by atoms with Crippen molar-refractivity contribution in [2.24, 2.45) is 9.98 Å². The number of rotatable bonds is 1. The van der Waals surface area contributed by atoms with Crippen molar-refractivity contribution >= 4 is 19.1 Å². The number of nitrogens with zero attached hydrogens (tertiary/aromatic N) is 3. The summed E-state index contributed by atoms with van der Waals surface area (Å²) in [6.45, 7) is 0.435.